The number of hydrogen-bond acceptors (Lipinski definition) is 3. The molecule has 0 saturated carbocycles. The second kappa shape index (κ2) is 5.70. The lowest BCUT2D eigenvalue weighted by molar-refractivity contribution is -0.142. The molecule has 0 spiro atoms. The van der Waals surface area contributed by atoms with Gasteiger partial charge in [-0.3, -0.25) is 4.79 Å². The fraction of sp³-hybridized carbons (Fsp3) is 0.667. The van der Waals surface area contributed by atoms with Crippen LogP contribution in [0.5, 0.6) is 0 Å². The van der Waals surface area contributed by atoms with Crippen molar-refractivity contribution in [2.24, 2.45) is 11.8 Å². The Bertz CT molecular complexity index is 314. The summed E-state index contributed by atoms with van der Waals surface area (Å²) in [5, 5.41) is 9.11. The number of carbonyl (C=O) groups excluding carboxylic acids is 1. The number of carbonyl (C=O) groups is 2. The van der Waals surface area contributed by atoms with Gasteiger partial charge in [-0.05, 0) is 12.3 Å². The first-order chi connectivity index (χ1) is 7.99. The highest BCUT2D eigenvalue weighted by Crippen LogP contribution is 2.30. The fourth-order valence-corrected chi connectivity index (χ4v) is 2.34. The monoisotopic (exact) mass is 241 g/mol. The third-order valence-corrected chi connectivity index (χ3v) is 3.01. The molecule has 1 rings (SSSR count). The van der Waals surface area contributed by atoms with E-state index in [9.17, 15) is 9.59 Å². The number of carboxylic acids is 1. The van der Waals surface area contributed by atoms with Gasteiger partial charge >= 0.3 is 12.1 Å². The van der Waals surface area contributed by atoms with E-state index in [4.69, 9.17) is 9.84 Å². The summed E-state index contributed by atoms with van der Waals surface area (Å²) >= 11 is 0. The molecule has 1 amide bonds. The van der Waals surface area contributed by atoms with Gasteiger partial charge in [0.05, 0.1) is 12.0 Å². The molecule has 1 N–H and O–H groups in total. The van der Waals surface area contributed by atoms with Gasteiger partial charge in [-0.15, -0.1) is 0 Å². The van der Waals surface area contributed by atoms with Gasteiger partial charge in [0, 0.05) is 6.54 Å². The van der Waals surface area contributed by atoms with Crippen LogP contribution in [0.4, 0.5) is 4.79 Å². The highest BCUT2D eigenvalue weighted by Gasteiger charge is 2.43. The Hall–Kier alpha value is -1.52. The van der Waals surface area contributed by atoms with Crippen LogP contribution in [0.15, 0.2) is 12.7 Å². The normalized spacial score (nSPS) is 23.8. The van der Waals surface area contributed by atoms with Gasteiger partial charge in [0.1, 0.15) is 6.61 Å². The van der Waals surface area contributed by atoms with Crippen LogP contribution in [0.3, 0.4) is 0 Å². The first-order valence-corrected chi connectivity index (χ1v) is 5.76. The van der Waals surface area contributed by atoms with Crippen molar-refractivity contribution in [1.82, 2.24) is 4.90 Å². The third-order valence-electron chi connectivity index (χ3n) is 3.01. The molecule has 17 heavy (non-hydrogen) atoms. The van der Waals surface area contributed by atoms with E-state index in [0.717, 1.165) is 0 Å². The zero-order chi connectivity index (χ0) is 13.0. The minimum Gasteiger partial charge on any atom is -0.481 e. The Balaban J connectivity index is 2.75. The first kappa shape index (κ1) is 13.5. The molecule has 0 bridgehead atoms. The Morgan fingerprint density at radius 1 is 1.59 bits per heavy atom. The van der Waals surface area contributed by atoms with Crippen molar-refractivity contribution >= 4 is 12.1 Å². The second-order valence-electron chi connectivity index (χ2n) is 4.53. The van der Waals surface area contributed by atoms with Crippen molar-refractivity contribution in [3.63, 3.8) is 0 Å². The molecule has 1 aliphatic heterocycles. The molecule has 0 aliphatic carbocycles. The van der Waals surface area contributed by atoms with Crippen molar-refractivity contribution in [3.05, 3.63) is 12.7 Å². The van der Waals surface area contributed by atoms with Crippen LogP contribution in [0.1, 0.15) is 20.3 Å². The zero-order valence-electron chi connectivity index (χ0n) is 10.3. The van der Waals surface area contributed by atoms with E-state index in [1.54, 1.807) is 0 Å². The van der Waals surface area contributed by atoms with Gasteiger partial charge in [0.25, 0.3) is 0 Å². The maximum atomic E-state index is 11.8. The molecule has 96 valence electrons. The summed E-state index contributed by atoms with van der Waals surface area (Å²) in [6.07, 6.45) is 1.53. The van der Waals surface area contributed by atoms with Gasteiger partial charge in [-0.25, -0.2) is 4.79 Å². The Kier molecular flexibility index (Phi) is 4.54. The maximum Gasteiger partial charge on any atom is 0.410 e. The van der Waals surface area contributed by atoms with E-state index in [0.29, 0.717) is 13.0 Å². The third kappa shape index (κ3) is 2.99. The molecule has 2 atom stereocenters. The number of carboxylic acid groups (broad SMARTS) is 1. The molecule has 5 heteroatoms. The summed E-state index contributed by atoms with van der Waals surface area (Å²) in [4.78, 5) is 24.4. The average molecular weight is 241 g/mol. The SMILES string of the molecule is C=CCOC(=O)N1CCC(C(=O)O)C1C(C)C. The Morgan fingerprint density at radius 3 is 2.71 bits per heavy atom. The topological polar surface area (TPSA) is 66.8 Å². The molecule has 0 aromatic heterocycles. The van der Waals surface area contributed by atoms with Crippen LogP contribution < -0.4 is 0 Å². The summed E-state index contributed by atoms with van der Waals surface area (Å²) in [7, 11) is 0. The van der Waals surface area contributed by atoms with Crippen LogP contribution in [0.2, 0.25) is 0 Å². The quantitative estimate of drug-likeness (QED) is 0.761. The molecular weight excluding hydrogens is 222 g/mol. The summed E-state index contributed by atoms with van der Waals surface area (Å²) in [6, 6.07) is -0.287. The highest BCUT2D eigenvalue weighted by molar-refractivity contribution is 5.75. The standard InChI is InChI=1S/C12H19NO4/c1-4-7-17-12(16)13-6-5-9(11(14)15)10(13)8(2)3/h4,8-10H,1,5-7H2,2-3H3,(H,14,15). The molecular formula is C12H19NO4. The number of hydrogen-bond donors (Lipinski definition) is 1. The van der Waals surface area contributed by atoms with E-state index >= 15 is 0 Å². The van der Waals surface area contributed by atoms with Crippen molar-refractivity contribution in [2.75, 3.05) is 13.2 Å². The van der Waals surface area contributed by atoms with Gasteiger partial charge < -0.3 is 14.7 Å². The van der Waals surface area contributed by atoms with E-state index in [1.807, 2.05) is 13.8 Å². The van der Waals surface area contributed by atoms with E-state index in [2.05, 4.69) is 6.58 Å². The van der Waals surface area contributed by atoms with Gasteiger partial charge in [0.15, 0.2) is 0 Å². The number of likely N-dealkylation sites (tertiary alicyclic amines) is 1. The fourth-order valence-electron chi connectivity index (χ4n) is 2.34. The molecule has 0 aromatic carbocycles. The van der Waals surface area contributed by atoms with Crippen molar-refractivity contribution < 1.29 is 19.4 Å². The van der Waals surface area contributed by atoms with Crippen LogP contribution >= 0.6 is 0 Å². The smallest absolute Gasteiger partial charge is 0.410 e. The van der Waals surface area contributed by atoms with Crippen molar-refractivity contribution in [3.8, 4) is 0 Å². The lowest BCUT2D eigenvalue weighted by Gasteiger charge is -2.29. The Morgan fingerprint density at radius 2 is 2.24 bits per heavy atom. The minimum atomic E-state index is -0.845. The number of aliphatic carboxylic acids is 1. The van der Waals surface area contributed by atoms with E-state index < -0.39 is 18.0 Å². The minimum absolute atomic E-state index is 0.0925. The lowest BCUT2D eigenvalue weighted by atomic mass is 9.91. The predicted molar refractivity (Wildman–Crippen MR) is 62.6 cm³/mol. The first-order valence-electron chi connectivity index (χ1n) is 5.76. The summed E-state index contributed by atoms with van der Waals surface area (Å²) in [5.74, 6) is -1.25. The number of rotatable bonds is 4. The lowest BCUT2D eigenvalue weighted by Crippen LogP contribution is -2.43. The van der Waals surface area contributed by atoms with E-state index in [1.165, 1.54) is 11.0 Å². The molecule has 1 heterocycles. The van der Waals surface area contributed by atoms with Crippen LogP contribution in [-0.2, 0) is 9.53 Å². The predicted octanol–water partition coefficient (Wildman–Crippen LogP) is 1.74. The number of amides is 1. The second-order valence-corrected chi connectivity index (χ2v) is 4.53. The molecule has 5 nitrogen and oxygen atoms in total. The maximum absolute atomic E-state index is 11.8. The van der Waals surface area contributed by atoms with Crippen molar-refractivity contribution in [2.45, 2.75) is 26.3 Å². The summed E-state index contributed by atoms with van der Waals surface area (Å²) < 4.78 is 4.96. The highest BCUT2D eigenvalue weighted by atomic mass is 16.6. The van der Waals surface area contributed by atoms with E-state index in [-0.39, 0.29) is 18.6 Å². The molecule has 1 aliphatic rings. The summed E-state index contributed by atoms with van der Waals surface area (Å²) in [5.41, 5.74) is 0. The number of ether oxygens (including phenoxy) is 1. The van der Waals surface area contributed by atoms with Gasteiger partial charge in [0.2, 0.25) is 0 Å². The summed E-state index contributed by atoms with van der Waals surface area (Å²) in [6.45, 7) is 7.89. The molecule has 1 fully saturated rings. The molecule has 1 saturated heterocycles. The molecule has 0 radical (unpaired) electrons. The molecule has 2 unspecified atom stereocenters. The van der Waals surface area contributed by atoms with Gasteiger partial charge in [-0.2, -0.15) is 0 Å². The number of nitrogens with zero attached hydrogens (tertiary/aromatic N) is 1. The van der Waals surface area contributed by atoms with Crippen LogP contribution in [-0.4, -0.2) is 41.3 Å². The molecule has 0 aromatic rings. The van der Waals surface area contributed by atoms with Crippen molar-refractivity contribution in [1.29, 1.82) is 0 Å². The zero-order valence-corrected chi connectivity index (χ0v) is 10.3. The average Bonchev–Trinajstić information content (AvgIpc) is 2.70. The van der Waals surface area contributed by atoms with Gasteiger partial charge in [-0.1, -0.05) is 26.5 Å². The van der Waals surface area contributed by atoms with Crippen LogP contribution in [0, 0.1) is 11.8 Å². The van der Waals surface area contributed by atoms with Crippen LogP contribution in [0.25, 0.3) is 0 Å². The largest absolute Gasteiger partial charge is 0.481 e. The Labute approximate surface area is 101 Å².